The van der Waals surface area contributed by atoms with Crippen LogP contribution in [0.15, 0.2) is 64.1 Å². The van der Waals surface area contributed by atoms with Gasteiger partial charge in [-0.15, -0.1) is 0 Å². The molecule has 2 aromatic heterocycles. The second-order valence-corrected chi connectivity index (χ2v) is 8.35. The Labute approximate surface area is 217 Å². The van der Waals surface area contributed by atoms with Gasteiger partial charge in [-0.1, -0.05) is 11.6 Å². The molecule has 0 radical (unpaired) electrons. The molecule has 0 unspecified atom stereocenters. The van der Waals surface area contributed by atoms with E-state index in [1.807, 2.05) is 0 Å². The van der Waals surface area contributed by atoms with Crippen LogP contribution in [0.4, 0.5) is 11.4 Å². The van der Waals surface area contributed by atoms with Gasteiger partial charge in [-0.2, -0.15) is 0 Å². The maximum Gasteiger partial charge on any atom is 0.338 e. The number of carbonyl (C=O) groups excluding carboxylic acids is 2. The van der Waals surface area contributed by atoms with Crippen molar-refractivity contribution in [2.24, 2.45) is 4.99 Å². The van der Waals surface area contributed by atoms with E-state index >= 15 is 0 Å². The van der Waals surface area contributed by atoms with Crippen molar-refractivity contribution in [2.75, 3.05) is 19.0 Å². The molecule has 9 nitrogen and oxygen atoms in total. The van der Waals surface area contributed by atoms with Crippen LogP contribution < -0.4 is 15.6 Å². The number of pyridine rings is 1. The predicted octanol–water partition coefficient (Wildman–Crippen LogP) is 4.95. The number of hydrogen-bond donors (Lipinski definition) is 2. The van der Waals surface area contributed by atoms with E-state index in [1.165, 1.54) is 13.3 Å². The Morgan fingerprint density at radius 2 is 1.92 bits per heavy atom. The Kier molecular flexibility index (Phi) is 7.86. The number of aliphatic hydroxyl groups is 1. The molecule has 1 amide bonds. The number of nitrogens with one attached hydrogen (secondary N) is 1. The van der Waals surface area contributed by atoms with Crippen LogP contribution in [0.3, 0.4) is 0 Å². The number of aromatic nitrogens is 1. The quantitative estimate of drug-likeness (QED) is 0.330. The van der Waals surface area contributed by atoms with Crippen LogP contribution >= 0.6 is 11.6 Å². The molecule has 37 heavy (non-hydrogen) atoms. The fourth-order valence-corrected chi connectivity index (χ4v) is 3.80. The fourth-order valence-electron chi connectivity index (χ4n) is 3.63. The first-order valence-corrected chi connectivity index (χ1v) is 11.7. The van der Waals surface area contributed by atoms with Crippen molar-refractivity contribution in [2.45, 2.75) is 20.5 Å². The van der Waals surface area contributed by atoms with Crippen molar-refractivity contribution in [3.05, 3.63) is 87.7 Å². The zero-order valence-electron chi connectivity index (χ0n) is 20.4. The topological polar surface area (TPSA) is 123 Å². The third kappa shape index (κ3) is 5.63. The van der Waals surface area contributed by atoms with E-state index in [9.17, 15) is 14.7 Å². The number of ether oxygens (including phenoxy) is 2. The summed E-state index contributed by atoms with van der Waals surface area (Å²) in [5.41, 5.74) is 2.71. The number of halogens is 1. The van der Waals surface area contributed by atoms with E-state index in [0.29, 0.717) is 49.9 Å². The lowest BCUT2D eigenvalue weighted by Gasteiger charge is -2.12. The Morgan fingerprint density at radius 3 is 2.59 bits per heavy atom. The molecule has 0 fully saturated rings. The summed E-state index contributed by atoms with van der Waals surface area (Å²) in [6.07, 6.45) is 1.53. The van der Waals surface area contributed by atoms with Gasteiger partial charge >= 0.3 is 5.97 Å². The highest BCUT2D eigenvalue weighted by atomic mass is 35.5. The summed E-state index contributed by atoms with van der Waals surface area (Å²) < 4.78 is 16.4. The SMILES string of the molecule is CCOC(=O)c1ccc(N=c2oc3c(C)ncc(CO)c3cc2C(=O)Nc2cc(Cl)ccc2OC)cc1. The first-order chi connectivity index (χ1) is 17.8. The molecule has 4 rings (SSSR count). The molecule has 0 bridgehead atoms. The first-order valence-electron chi connectivity index (χ1n) is 11.3. The fraction of sp³-hybridized carbons (Fsp3) is 0.185. The minimum atomic E-state index is -0.536. The van der Waals surface area contributed by atoms with Gasteiger partial charge in [0.1, 0.15) is 11.3 Å². The Bertz CT molecular complexity index is 1550. The highest BCUT2D eigenvalue weighted by Crippen LogP contribution is 2.28. The summed E-state index contributed by atoms with van der Waals surface area (Å²) in [5, 5.41) is 13.6. The van der Waals surface area contributed by atoms with E-state index in [0.717, 1.165) is 0 Å². The Morgan fingerprint density at radius 1 is 1.16 bits per heavy atom. The summed E-state index contributed by atoms with van der Waals surface area (Å²) in [4.78, 5) is 34.3. The van der Waals surface area contributed by atoms with Crippen LogP contribution in [0, 0.1) is 6.92 Å². The lowest BCUT2D eigenvalue weighted by atomic mass is 10.1. The summed E-state index contributed by atoms with van der Waals surface area (Å²) in [6, 6.07) is 12.8. The van der Waals surface area contributed by atoms with E-state index in [4.69, 9.17) is 25.5 Å². The number of methoxy groups -OCH3 is 1. The van der Waals surface area contributed by atoms with Gasteiger partial charge in [0.25, 0.3) is 5.91 Å². The molecular formula is C27H24ClN3O6. The third-order valence-corrected chi connectivity index (χ3v) is 5.72. The molecule has 2 N–H and O–H groups in total. The molecule has 0 saturated carbocycles. The number of aryl methyl sites for hydroxylation is 1. The number of nitrogens with zero attached hydrogens (tertiary/aromatic N) is 2. The first kappa shape index (κ1) is 25.9. The number of hydrogen-bond acceptors (Lipinski definition) is 8. The van der Waals surface area contributed by atoms with Crippen LogP contribution in [-0.2, 0) is 11.3 Å². The predicted molar refractivity (Wildman–Crippen MR) is 138 cm³/mol. The number of fused-ring (bicyclic) bond motifs is 1. The van der Waals surface area contributed by atoms with Crippen LogP contribution in [0.2, 0.25) is 5.02 Å². The molecule has 10 heteroatoms. The van der Waals surface area contributed by atoms with Crippen molar-refractivity contribution in [1.82, 2.24) is 4.98 Å². The third-order valence-electron chi connectivity index (χ3n) is 5.48. The molecule has 2 heterocycles. The number of benzene rings is 2. The lowest BCUT2D eigenvalue weighted by molar-refractivity contribution is 0.0526. The van der Waals surface area contributed by atoms with Crippen molar-refractivity contribution in [3.63, 3.8) is 0 Å². The van der Waals surface area contributed by atoms with Crippen LogP contribution in [-0.4, -0.2) is 35.7 Å². The van der Waals surface area contributed by atoms with E-state index in [-0.39, 0.29) is 24.3 Å². The zero-order chi connectivity index (χ0) is 26.5. The Balaban J connectivity index is 1.86. The highest BCUT2D eigenvalue weighted by molar-refractivity contribution is 6.31. The normalized spacial score (nSPS) is 11.4. The van der Waals surface area contributed by atoms with Gasteiger partial charge in [-0.3, -0.25) is 9.78 Å². The van der Waals surface area contributed by atoms with Crippen molar-refractivity contribution >= 4 is 45.8 Å². The van der Waals surface area contributed by atoms with Crippen LogP contribution in [0.25, 0.3) is 11.0 Å². The van der Waals surface area contributed by atoms with Crippen molar-refractivity contribution in [3.8, 4) is 5.75 Å². The summed E-state index contributed by atoms with van der Waals surface area (Å²) in [6.45, 7) is 3.45. The van der Waals surface area contributed by atoms with Crippen molar-refractivity contribution in [1.29, 1.82) is 0 Å². The van der Waals surface area contributed by atoms with Gasteiger partial charge in [0, 0.05) is 22.2 Å². The molecule has 4 aromatic rings. The molecular weight excluding hydrogens is 498 g/mol. The largest absolute Gasteiger partial charge is 0.495 e. The van der Waals surface area contributed by atoms with Crippen LogP contribution in [0.5, 0.6) is 5.75 Å². The maximum absolute atomic E-state index is 13.5. The standard InChI is InChI=1S/C27H24ClN3O6/c1-4-36-27(34)16-5-8-19(9-6-16)30-26-21(12-20-17(14-32)13-29-15(2)24(20)37-26)25(33)31-22-11-18(28)7-10-23(22)35-3/h5-13,32H,4,14H2,1-3H3,(H,31,33). The van der Waals surface area contributed by atoms with Gasteiger partial charge in [-0.25, -0.2) is 9.79 Å². The molecule has 0 spiro atoms. The number of aliphatic hydroxyl groups excluding tert-OH is 1. The average molecular weight is 522 g/mol. The smallest absolute Gasteiger partial charge is 0.338 e. The number of amides is 1. The van der Waals surface area contributed by atoms with Gasteiger partial charge in [0.15, 0.2) is 5.58 Å². The molecule has 0 aliphatic carbocycles. The van der Waals surface area contributed by atoms with Gasteiger partial charge in [-0.05, 0) is 62.4 Å². The molecule has 0 atom stereocenters. The second kappa shape index (κ2) is 11.2. The molecule has 0 aliphatic heterocycles. The van der Waals surface area contributed by atoms with Crippen LogP contribution in [0.1, 0.15) is 38.9 Å². The number of carbonyl (C=O) groups is 2. The van der Waals surface area contributed by atoms with E-state index in [1.54, 1.807) is 62.4 Å². The summed E-state index contributed by atoms with van der Waals surface area (Å²) in [7, 11) is 1.48. The van der Waals surface area contributed by atoms with Crippen molar-refractivity contribution < 1.29 is 28.6 Å². The van der Waals surface area contributed by atoms with E-state index < -0.39 is 11.9 Å². The number of esters is 1. The summed E-state index contributed by atoms with van der Waals surface area (Å²) in [5.74, 6) is -0.565. The highest BCUT2D eigenvalue weighted by Gasteiger charge is 2.18. The number of rotatable bonds is 7. The second-order valence-electron chi connectivity index (χ2n) is 7.91. The molecule has 190 valence electrons. The molecule has 0 saturated heterocycles. The Hall–Kier alpha value is -4.21. The molecule has 2 aromatic carbocycles. The van der Waals surface area contributed by atoms with Gasteiger partial charge in [0.05, 0.1) is 43.0 Å². The lowest BCUT2D eigenvalue weighted by Crippen LogP contribution is -2.22. The monoisotopic (exact) mass is 521 g/mol. The number of anilines is 1. The van der Waals surface area contributed by atoms with Gasteiger partial charge < -0.3 is 24.3 Å². The molecule has 0 aliphatic rings. The minimum Gasteiger partial charge on any atom is -0.495 e. The minimum absolute atomic E-state index is 0.00914. The maximum atomic E-state index is 13.5. The average Bonchev–Trinajstić information content (AvgIpc) is 2.89. The van der Waals surface area contributed by atoms with Gasteiger partial charge in [0.2, 0.25) is 5.55 Å². The zero-order valence-corrected chi connectivity index (χ0v) is 21.1. The van der Waals surface area contributed by atoms with E-state index in [2.05, 4.69) is 15.3 Å². The summed E-state index contributed by atoms with van der Waals surface area (Å²) >= 11 is 6.12.